The number of nitrogens with one attached hydrogen (secondary N) is 2. The molecule has 0 rings (SSSR count). The third-order valence-corrected chi connectivity index (χ3v) is 2.23. The number of amides is 2. The zero-order valence-corrected chi connectivity index (χ0v) is 9.34. The van der Waals surface area contributed by atoms with Crippen LogP contribution in [0.1, 0.15) is 6.42 Å². The van der Waals surface area contributed by atoms with Gasteiger partial charge in [0, 0.05) is 25.3 Å². The number of carboxylic acid groups (broad SMARTS) is 1. The number of aliphatic carboxylic acids is 1. The molecule has 0 radical (unpaired) electrons. The Morgan fingerprint density at radius 3 is 2.60 bits per heavy atom. The lowest BCUT2D eigenvalue weighted by Crippen LogP contribution is -2.46. The van der Waals surface area contributed by atoms with Crippen molar-refractivity contribution < 1.29 is 19.8 Å². The number of aliphatic hydroxyl groups excluding tert-OH is 1. The lowest BCUT2D eigenvalue weighted by molar-refractivity contribution is -0.139. The monoisotopic (exact) mass is 236 g/mol. The van der Waals surface area contributed by atoms with Crippen LogP contribution in [-0.2, 0) is 4.79 Å². The molecule has 0 aromatic rings. The maximum absolute atomic E-state index is 11.1. The number of carbonyl (C=O) groups excluding carboxylic acids is 1. The molecule has 0 aliphatic heterocycles. The van der Waals surface area contributed by atoms with Gasteiger partial charge in [0.1, 0.15) is 6.04 Å². The summed E-state index contributed by atoms with van der Waals surface area (Å²) in [5.74, 6) is -0.380. The molecule has 0 spiro atoms. The summed E-state index contributed by atoms with van der Waals surface area (Å²) in [6.45, 7) is 0.209. The molecular weight excluding hydrogens is 220 g/mol. The van der Waals surface area contributed by atoms with Gasteiger partial charge in [0.2, 0.25) is 0 Å². The molecule has 0 aromatic heterocycles. The molecule has 1 atom stereocenters. The minimum Gasteiger partial charge on any atom is -0.480 e. The predicted molar refractivity (Wildman–Crippen MR) is 58.0 cm³/mol. The molecule has 0 aliphatic carbocycles. The van der Waals surface area contributed by atoms with E-state index < -0.39 is 18.0 Å². The third-order valence-electron chi connectivity index (χ3n) is 1.61. The second-order valence-electron chi connectivity index (χ2n) is 2.80. The van der Waals surface area contributed by atoms with E-state index in [4.69, 9.17) is 10.2 Å². The van der Waals surface area contributed by atoms with Crippen molar-refractivity contribution in [3.63, 3.8) is 0 Å². The van der Waals surface area contributed by atoms with E-state index in [0.29, 0.717) is 6.54 Å². The zero-order valence-electron chi connectivity index (χ0n) is 8.52. The van der Waals surface area contributed by atoms with Gasteiger partial charge in [-0.05, 0) is 6.26 Å². The van der Waals surface area contributed by atoms with Gasteiger partial charge >= 0.3 is 12.0 Å². The number of hydrogen-bond acceptors (Lipinski definition) is 4. The van der Waals surface area contributed by atoms with Crippen molar-refractivity contribution in [2.75, 3.05) is 25.2 Å². The first kappa shape index (κ1) is 14.1. The lowest BCUT2D eigenvalue weighted by Gasteiger charge is -2.13. The standard InChI is InChI=1S/C8H16N2O4S/c1-15-5-3-9-8(14)10-6(2-4-11)7(12)13/h6,11H,2-5H2,1H3,(H,12,13)(H2,9,10,14)/t6-/m0/s1. The van der Waals surface area contributed by atoms with Gasteiger partial charge in [0.15, 0.2) is 0 Å². The van der Waals surface area contributed by atoms with Crippen LogP contribution in [0.15, 0.2) is 0 Å². The highest BCUT2D eigenvalue weighted by Crippen LogP contribution is 1.91. The molecule has 88 valence electrons. The third kappa shape index (κ3) is 7.03. The van der Waals surface area contributed by atoms with E-state index in [0.717, 1.165) is 5.75 Å². The first-order valence-corrected chi connectivity index (χ1v) is 5.88. The molecule has 0 fully saturated rings. The van der Waals surface area contributed by atoms with Gasteiger partial charge in [0.25, 0.3) is 0 Å². The fourth-order valence-electron chi connectivity index (χ4n) is 0.862. The molecule has 0 heterocycles. The van der Waals surface area contributed by atoms with E-state index in [1.165, 1.54) is 0 Å². The van der Waals surface area contributed by atoms with E-state index in [1.54, 1.807) is 11.8 Å². The van der Waals surface area contributed by atoms with Gasteiger partial charge in [-0.1, -0.05) is 0 Å². The number of urea groups is 1. The fourth-order valence-corrected chi connectivity index (χ4v) is 1.17. The Hall–Kier alpha value is -0.950. The Kier molecular flexibility index (Phi) is 7.84. The van der Waals surface area contributed by atoms with Crippen LogP contribution < -0.4 is 10.6 Å². The van der Waals surface area contributed by atoms with E-state index in [-0.39, 0.29) is 13.0 Å². The van der Waals surface area contributed by atoms with Crippen LogP contribution in [0.2, 0.25) is 0 Å². The van der Waals surface area contributed by atoms with Gasteiger partial charge in [-0.3, -0.25) is 0 Å². The molecule has 0 saturated heterocycles. The number of rotatable bonds is 7. The molecule has 7 heteroatoms. The van der Waals surface area contributed by atoms with Crippen molar-refractivity contribution in [3.05, 3.63) is 0 Å². The molecular formula is C8H16N2O4S. The molecule has 0 aliphatic rings. The summed E-state index contributed by atoms with van der Waals surface area (Å²) in [4.78, 5) is 21.7. The lowest BCUT2D eigenvalue weighted by atomic mass is 10.2. The Morgan fingerprint density at radius 1 is 1.47 bits per heavy atom. The van der Waals surface area contributed by atoms with E-state index in [9.17, 15) is 9.59 Å². The van der Waals surface area contributed by atoms with Gasteiger partial charge < -0.3 is 20.8 Å². The van der Waals surface area contributed by atoms with Gasteiger partial charge in [0.05, 0.1) is 0 Å². The van der Waals surface area contributed by atoms with E-state index in [1.807, 2.05) is 6.26 Å². The van der Waals surface area contributed by atoms with Crippen molar-refractivity contribution in [2.45, 2.75) is 12.5 Å². The molecule has 0 aromatic carbocycles. The average molecular weight is 236 g/mol. The van der Waals surface area contributed by atoms with Crippen LogP contribution >= 0.6 is 11.8 Å². The molecule has 2 amide bonds. The van der Waals surface area contributed by atoms with Crippen molar-refractivity contribution >= 4 is 23.8 Å². The molecule has 6 nitrogen and oxygen atoms in total. The smallest absolute Gasteiger partial charge is 0.326 e. The van der Waals surface area contributed by atoms with Gasteiger partial charge in [-0.2, -0.15) is 11.8 Å². The Morgan fingerprint density at radius 2 is 2.13 bits per heavy atom. The number of carbonyl (C=O) groups is 2. The van der Waals surface area contributed by atoms with Crippen molar-refractivity contribution in [1.29, 1.82) is 0 Å². The molecule has 4 N–H and O–H groups in total. The molecule has 0 unspecified atom stereocenters. The quantitative estimate of drug-likeness (QED) is 0.446. The number of hydrogen-bond donors (Lipinski definition) is 4. The van der Waals surface area contributed by atoms with Crippen LogP contribution in [0.25, 0.3) is 0 Å². The van der Waals surface area contributed by atoms with Crippen molar-refractivity contribution in [1.82, 2.24) is 10.6 Å². The summed E-state index contributed by atoms with van der Waals surface area (Å²) in [5.41, 5.74) is 0. The SMILES string of the molecule is CSCCNC(=O)N[C@@H](CCO)C(=O)O. The number of aliphatic hydroxyl groups is 1. The van der Waals surface area contributed by atoms with E-state index >= 15 is 0 Å². The normalized spacial score (nSPS) is 11.9. The summed E-state index contributed by atoms with van der Waals surface area (Å²) in [5, 5.41) is 22.0. The second kappa shape index (κ2) is 8.37. The van der Waals surface area contributed by atoms with Crippen LogP contribution in [0.5, 0.6) is 0 Å². The van der Waals surface area contributed by atoms with Gasteiger partial charge in [-0.15, -0.1) is 0 Å². The minimum atomic E-state index is -1.15. The minimum absolute atomic E-state index is 0.00524. The summed E-state index contributed by atoms with van der Waals surface area (Å²) >= 11 is 1.58. The summed E-state index contributed by atoms with van der Waals surface area (Å²) in [7, 11) is 0. The highest BCUT2D eigenvalue weighted by molar-refractivity contribution is 7.98. The first-order valence-electron chi connectivity index (χ1n) is 4.48. The summed E-state index contributed by atoms with van der Waals surface area (Å²) in [6, 6.07) is -1.56. The van der Waals surface area contributed by atoms with Crippen LogP contribution in [0.3, 0.4) is 0 Å². The Labute approximate surface area is 92.4 Å². The molecule has 0 saturated carbocycles. The maximum atomic E-state index is 11.1. The summed E-state index contributed by atoms with van der Waals surface area (Å²) in [6.07, 6.45) is 1.91. The molecule has 15 heavy (non-hydrogen) atoms. The average Bonchev–Trinajstić information content (AvgIpc) is 2.17. The van der Waals surface area contributed by atoms with E-state index in [2.05, 4.69) is 10.6 Å². The van der Waals surface area contributed by atoms with Crippen LogP contribution in [0.4, 0.5) is 4.79 Å². The Bertz CT molecular complexity index is 213. The zero-order chi connectivity index (χ0) is 11.7. The van der Waals surface area contributed by atoms with Crippen LogP contribution in [0, 0.1) is 0 Å². The van der Waals surface area contributed by atoms with Crippen molar-refractivity contribution in [2.24, 2.45) is 0 Å². The van der Waals surface area contributed by atoms with Crippen molar-refractivity contribution in [3.8, 4) is 0 Å². The fraction of sp³-hybridized carbons (Fsp3) is 0.750. The predicted octanol–water partition coefficient (Wildman–Crippen LogP) is -0.516. The second-order valence-corrected chi connectivity index (χ2v) is 3.78. The number of thioether (sulfide) groups is 1. The Balaban J connectivity index is 3.84. The largest absolute Gasteiger partial charge is 0.480 e. The number of carboxylic acids is 1. The molecule has 0 bridgehead atoms. The first-order chi connectivity index (χ1) is 7.11. The maximum Gasteiger partial charge on any atom is 0.326 e. The summed E-state index contributed by atoms with van der Waals surface area (Å²) < 4.78 is 0. The van der Waals surface area contributed by atoms with Crippen LogP contribution in [-0.4, -0.2) is 53.4 Å². The topological polar surface area (TPSA) is 98.7 Å². The highest BCUT2D eigenvalue weighted by Gasteiger charge is 2.18. The van der Waals surface area contributed by atoms with Gasteiger partial charge in [-0.25, -0.2) is 9.59 Å². The highest BCUT2D eigenvalue weighted by atomic mass is 32.2.